The fourth-order valence-corrected chi connectivity index (χ4v) is 2.87. The molecular formula is C17H26IN3OS. The molecule has 0 radical (unpaired) electrons. The normalized spacial score (nSPS) is 11.3. The molecule has 23 heavy (non-hydrogen) atoms. The lowest BCUT2D eigenvalue weighted by Crippen LogP contribution is -2.38. The van der Waals surface area contributed by atoms with Gasteiger partial charge < -0.3 is 14.6 Å². The average molecular weight is 447 g/mol. The van der Waals surface area contributed by atoms with E-state index < -0.39 is 0 Å². The van der Waals surface area contributed by atoms with Crippen LogP contribution in [0.3, 0.4) is 0 Å². The Balaban J connectivity index is 0.00000264. The van der Waals surface area contributed by atoms with Gasteiger partial charge in [-0.15, -0.1) is 24.0 Å². The highest BCUT2D eigenvalue weighted by Crippen LogP contribution is 2.19. The number of guanidine groups is 1. The molecule has 128 valence electrons. The number of aliphatic imine (C=N–C) groups is 1. The van der Waals surface area contributed by atoms with Gasteiger partial charge in [-0.25, -0.2) is 0 Å². The number of hydrogen-bond donors (Lipinski definition) is 1. The molecule has 4 nitrogen and oxygen atoms in total. The van der Waals surface area contributed by atoms with Crippen molar-refractivity contribution in [2.24, 2.45) is 4.99 Å². The first-order chi connectivity index (χ1) is 10.7. The zero-order valence-electron chi connectivity index (χ0n) is 14.0. The van der Waals surface area contributed by atoms with E-state index in [-0.39, 0.29) is 24.0 Å². The molecule has 0 saturated heterocycles. The van der Waals surface area contributed by atoms with E-state index in [1.54, 1.807) is 0 Å². The van der Waals surface area contributed by atoms with E-state index >= 15 is 0 Å². The number of unbranched alkanes of at least 4 members (excludes halogenated alkanes) is 1. The van der Waals surface area contributed by atoms with Crippen LogP contribution in [0.15, 0.2) is 39.7 Å². The quantitative estimate of drug-likeness (QED) is 0.299. The Hall–Kier alpha value is -0.890. The highest BCUT2D eigenvalue weighted by Gasteiger charge is 2.09. The second-order valence-electron chi connectivity index (χ2n) is 5.28. The Labute approximate surface area is 160 Å². The molecule has 1 heterocycles. The second-order valence-corrected chi connectivity index (χ2v) is 6.27. The van der Waals surface area contributed by atoms with Crippen molar-refractivity contribution >= 4 is 52.7 Å². The van der Waals surface area contributed by atoms with Gasteiger partial charge >= 0.3 is 0 Å². The molecule has 1 aromatic heterocycles. The zero-order valence-corrected chi connectivity index (χ0v) is 17.2. The molecule has 0 spiro atoms. The minimum atomic E-state index is 0. The number of rotatable bonds is 7. The van der Waals surface area contributed by atoms with Crippen LogP contribution in [0.25, 0.3) is 11.0 Å². The fraction of sp³-hybridized carbons (Fsp3) is 0.471. The van der Waals surface area contributed by atoms with Gasteiger partial charge in [0, 0.05) is 26.0 Å². The molecule has 0 aliphatic heterocycles. The molecule has 2 aromatic rings. The molecule has 0 bridgehead atoms. The third-order valence-corrected chi connectivity index (χ3v) is 4.20. The SMILES string of the molecule is CN=C(NCCCCSC)N(C)Cc1cc2ccccc2o1.I. The number of para-hydroxylation sites is 1. The lowest BCUT2D eigenvalue weighted by molar-refractivity contribution is 0.412. The lowest BCUT2D eigenvalue weighted by atomic mass is 10.2. The number of nitrogens with zero attached hydrogens (tertiary/aromatic N) is 2. The maximum absolute atomic E-state index is 5.86. The molecule has 0 fully saturated rings. The number of nitrogens with one attached hydrogen (secondary N) is 1. The van der Waals surface area contributed by atoms with Gasteiger partial charge in [0.2, 0.25) is 0 Å². The third-order valence-electron chi connectivity index (χ3n) is 3.50. The molecule has 1 N–H and O–H groups in total. The van der Waals surface area contributed by atoms with E-state index in [1.165, 1.54) is 18.6 Å². The molecule has 0 atom stereocenters. The standard InChI is InChI=1S/C17H25N3OS.HI/c1-18-17(19-10-6-7-11-22-3)20(2)13-15-12-14-8-4-5-9-16(14)21-15;/h4-5,8-9,12H,6-7,10-11,13H2,1-3H3,(H,18,19);1H. The molecule has 0 unspecified atom stereocenters. The first-order valence-corrected chi connectivity index (χ1v) is 9.02. The summed E-state index contributed by atoms with van der Waals surface area (Å²) in [6.45, 7) is 1.66. The Kier molecular flexibility index (Phi) is 9.47. The minimum absolute atomic E-state index is 0. The van der Waals surface area contributed by atoms with Crippen LogP contribution in [-0.4, -0.2) is 43.5 Å². The van der Waals surface area contributed by atoms with Gasteiger partial charge in [-0.2, -0.15) is 11.8 Å². The fourth-order valence-electron chi connectivity index (χ4n) is 2.38. The third kappa shape index (κ3) is 6.25. The van der Waals surface area contributed by atoms with Crippen LogP contribution < -0.4 is 5.32 Å². The maximum Gasteiger partial charge on any atom is 0.193 e. The summed E-state index contributed by atoms with van der Waals surface area (Å²) < 4.78 is 5.86. The van der Waals surface area contributed by atoms with Gasteiger partial charge in [-0.3, -0.25) is 4.99 Å². The summed E-state index contributed by atoms with van der Waals surface area (Å²) in [5.74, 6) is 3.08. The van der Waals surface area contributed by atoms with Crippen molar-refractivity contribution in [1.82, 2.24) is 10.2 Å². The van der Waals surface area contributed by atoms with Crippen molar-refractivity contribution in [2.75, 3.05) is 32.6 Å². The molecule has 0 saturated carbocycles. The Morgan fingerprint density at radius 2 is 2.09 bits per heavy atom. The van der Waals surface area contributed by atoms with E-state index in [2.05, 4.69) is 33.6 Å². The molecule has 0 amide bonds. The molecule has 0 aliphatic carbocycles. The van der Waals surface area contributed by atoms with Crippen molar-refractivity contribution in [3.63, 3.8) is 0 Å². The Bertz CT molecular complexity index is 582. The largest absolute Gasteiger partial charge is 0.459 e. The van der Waals surface area contributed by atoms with Gasteiger partial charge in [0.05, 0.1) is 6.54 Å². The topological polar surface area (TPSA) is 40.8 Å². The monoisotopic (exact) mass is 447 g/mol. The van der Waals surface area contributed by atoms with Gasteiger partial charge in [0.25, 0.3) is 0 Å². The number of halogens is 1. The van der Waals surface area contributed by atoms with Crippen molar-refractivity contribution in [3.8, 4) is 0 Å². The van der Waals surface area contributed by atoms with Crippen molar-refractivity contribution < 1.29 is 4.42 Å². The zero-order chi connectivity index (χ0) is 15.8. The number of fused-ring (bicyclic) bond motifs is 1. The van der Waals surface area contributed by atoms with Crippen LogP contribution >= 0.6 is 35.7 Å². The molecule has 0 aliphatic rings. The van der Waals surface area contributed by atoms with Crippen molar-refractivity contribution in [2.45, 2.75) is 19.4 Å². The van der Waals surface area contributed by atoms with Gasteiger partial charge in [0.15, 0.2) is 5.96 Å². The Morgan fingerprint density at radius 3 is 2.78 bits per heavy atom. The number of hydrogen-bond acceptors (Lipinski definition) is 3. The second kappa shape index (κ2) is 10.8. The summed E-state index contributed by atoms with van der Waals surface area (Å²) in [4.78, 5) is 6.43. The smallest absolute Gasteiger partial charge is 0.193 e. The van der Waals surface area contributed by atoms with Gasteiger partial charge in [-0.1, -0.05) is 18.2 Å². The predicted octanol–water partition coefficient (Wildman–Crippen LogP) is 4.20. The number of benzene rings is 1. The van der Waals surface area contributed by atoms with Crippen LogP contribution in [0, 0.1) is 0 Å². The summed E-state index contributed by atoms with van der Waals surface area (Å²) in [6, 6.07) is 10.2. The van der Waals surface area contributed by atoms with E-state index in [9.17, 15) is 0 Å². The maximum atomic E-state index is 5.86. The van der Waals surface area contributed by atoms with Gasteiger partial charge in [-0.05, 0) is 37.0 Å². The summed E-state index contributed by atoms with van der Waals surface area (Å²) >= 11 is 1.90. The van der Waals surface area contributed by atoms with Crippen LogP contribution in [0.1, 0.15) is 18.6 Å². The lowest BCUT2D eigenvalue weighted by Gasteiger charge is -2.21. The number of furan rings is 1. The first-order valence-electron chi connectivity index (χ1n) is 7.62. The molecule has 2 rings (SSSR count). The summed E-state index contributed by atoms with van der Waals surface area (Å²) in [6.07, 6.45) is 4.55. The molecule has 6 heteroatoms. The van der Waals surface area contributed by atoms with Crippen LogP contribution in [0.2, 0.25) is 0 Å². The molecule has 1 aromatic carbocycles. The highest BCUT2D eigenvalue weighted by atomic mass is 127. The molecular weight excluding hydrogens is 421 g/mol. The van der Waals surface area contributed by atoms with E-state index in [1.807, 2.05) is 44.1 Å². The van der Waals surface area contributed by atoms with E-state index in [4.69, 9.17) is 4.42 Å². The van der Waals surface area contributed by atoms with Gasteiger partial charge in [0.1, 0.15) is 11.3 Å². The first kappa shape index (κ1) is 20.2. The minimum Gasteiger partial charge on any atom is -0.459 e. The summed E-state index contributed by atoms with van der Waals surface area (Å²) in [7, 11) is 3.85. The van der Waals surface area contributed by atoms with E-state index in [0.717, 1.165) is 29.2 Å². The Morgan fingerprint density at radius 1 is 1.30 bits per heavy atom. The average Bonchev–Trinajstić information content (AvgIpc) is 2.92. The van der Waals surface area contributed by atoms with E-state index in [0.29, 0.717) is 6.54 Å². The van der Waals surface area contributed by atoms with Crippen molar-refractivity contribution in [1.29, 1.82) is 0 Å². The van der Waals surface area contributed by atoms with Crippen LogP contribution in [0.5, 0.6) is 0 Å². The summed E-state index contributed by atoms with van der Waals surface area (Å²) in [5.41, 5.74) is 0.936. The predicted molar refractivity (Wildman–Crippen MR) is 112 cm³/mol. The van der Waals surface area contributed by atoms with Crippen molar-refractivity contribution in [3.05, 3.63) is 36.1 Å². The van der Waals surface area contributed by atoms with Crippen LogP contribution in [0.4, 0.5) is 0 Å². The number of thioether (sulfide) groups is 1. The summed E-state index contributed by atoms with van der Waals surface area (Å²) in [5, 5.41) is 4.55. The van der Waals surface area contributed by atoms with Crippen LogP contribution in [-0.2, 0) is 6.54 Å². The highest BCUT2D eigenvalue weighted by molar-refractivity contribution is 14.0.